The smallest absolute Gasteiger partial charge is 0.225 e. The van der Waals surface area contributed by atoms with E-state index in [9.17, 15) is 4.39 Å². The van der Waals surface area contributed by atoms with Crippen molar-refractivity contribution in [2.45, 2.75) is 19.9 Å². The number of nitrogens with zero attached hydrogens (tertiary/aromatic N) is 5. The summed E-state index contributed by atoms with van der Waals surface area (Å²) in [6.07, 6.45) is 4.61. The van der Waals surface area contributed by atoms with Crippen molar-refractivity contribution in [1.29, 1.82) is 0 Å². The van der Waals surface area contributed by atoms with E-state index in [0.717, 1.165) is 69.7 Å². The Morgan fingerprint density at radius 3 is 2.62 bits per heavy atom. The lowest BCUT2D eigenvalue weighted by atomic mass is 10.2. The minimum atomic E-state index is -0.227. The maximum atomic E-state index is 13.3. The molecule has 0 unspecified atom stereocenters. The third-order valence-electron chi connectivity index (χ3n) is 4.80. The molecule has 1 fully saturated rings. The van der Waals surface area contributed by atoms with Crippen molar-refractivity contribution in [2.24, 2.45) is 4.99 Å². The van der Waals surface area contributed by atoms with Crippen LogP contribution in [0.1, 0.15) is 18.9 Å². The average molecular weight is 400 g/mol. The number of benzene rings is 1. The summed E-state index contributed by atoms with van der Waals surface area (Å²) in [4.78, 5) is 17.9. The predicted molar refractivity (Wildman–Crippen MR) is 115 cm³/mol. The van der Waals surface area contributed by atoms with Crippen molar-refractivity contribution in [3.8, 4) is 0 Å². The fraction of sp³-hybridized carbons (Fsp3) is 0.476. The van der Waals surface area contributed by atoms with E-state index in [1.807, 2.05) is 19.1 Å². The van der Waals surface area contributed by atoms with Crippen molar-refractivity contribution in [2.75, 3.05) is 50.7 Å². The molecule has 0 atom stereocenters. The number of guanidine groups is 1. The van der Waals surface area contributed by atoms with Crippen LogP contribution in [-0.4, -0.2) is 66.6 Å². The molecule has 1 aromatic heterocycles. The normalized spacial score (nSPS) is 15.4. The molecule has 29 heavy (non-hydrogen) atoms. The molecular weight excluding hydrogens is 369 g/mol. The first-order valence-corrected chi connectivity index (χ1v) is 10.3. The average Bonchev–Trinajstić information content (AvgIpc) is 2.76. The van der Waals surface area contributed by atoms with Crippen LogP contribution in [0.3, 0.4) is 0 Å². The van der Waals surface area contributed by atoms with E-state index in [1.165, 1.54) is 12.1 Å². The Hall–Kier alpha value is -2.74. The predicted octanol–water partition coefficient (Wildman–Crippen LogP) is 1.88. The van der Waals surface area contributed by atoms with Gasteiger partial charge in [-0.3, -0.25) is 4.90 Å². The van der Waals surface area contributed by atoms with Gasteiger partial charge in [-0.2, -0.15) is 0 Å². The Labute approximate surface area is 172 Å². The monoisotopic (exact) mass is 399 g/mol. The van der Waals surface area contributed by atoms with Gasteiger partial charge in [0.05, 0.1) is 6.54 Å². The summed E-state index contributed by atoms with van der Waals surface area (Å²) in [5.74, 6) is 1.36. The summed E-state index contributed by atoms with van der Waals surface area (Å²) in [5.41, 5.74) is 0.863. The molecule has 0 bridgehead atoms. The molecule has 0 radical (unpaired) electrons. The molecule has 156 valence electrons. The zero-order valence-electron chi connectivity index (χ0n) is 17.0. The summed E-state index contributed by atoms with van der Waals surface area (Å²) in [7, 11) is 0. The summed E-state index contributed by atoms with van der Waals surface area (Å²) in [6, 6.07) is 8.41. The summed E-state index contributed by atoms with van der Waals surface area (Å²) in [6.45, 7) is 9.11. The highest BCUT2D eigenvalue weighted by molar-refractivity contribution is 5.79. The number of piperazine rings is 1. The van der Waals surface area contributed by atoms with E-state index in [1.54, 1.807) is 18.5 Å². The van der Waals surface area contributed by atoms with Crippen molar-refractivity contribution < 1.29 is 4.39 Å². The molecule has 2 heterocycles. The van der Waals surface area contributed by atoms with Gasteiger partial charge in [-0.05, 0) is 43.7 Å². The van der Waals surface area contributed by atoms with Crippen molar-refractivity contribution in [1.82, 2.24) is 25.5 Å². The van der Waals surface area contributed by atoms with Gasteiger partial charge in [0.25, 0.3) is 0 Å². The standard InChI is InChI=1S/C21H30FN7/c1-2-23-20(27-17-18-6-3-7-19(22)16-18)24-10-5-11-28-12-14-29(15-13-28)21-25-8-4-9-26-21/h3-4,6-9,16H,2,5,10-15,17H2,1H3,(H2,23,24,27). The van der Waals surface area contributed by atoms with Gasteiger partial charge >= 0.3 is 0 Å². The van der Waals surface area contributed by atoms with Gasteiger partial charge < -0.3 is 15.5 Å². The minimum Gasteiger partial charge on any atom is -0.357 e. The molecule has 1 aromatic carbocycles. The van der Waals surface area contributed by atoms with Gasteiger partial charge in [-0.15, -0.1) is 0 Å². The van der Waals surface area contributed by atoms with Crippen LogP contribution in [0.2, 0.25) is 0 Å². The number of hydrogen-bond donors (Lipinski definition) is 2. The maximum Gasteiger partial charge on any atom is 0.225 e. The van der Waals surface area contributed by atoms with Gasteiger partial charge in [-0.25, -0.2) is 19.4 Å². The Bertz CT molecular complexity index is 761. The highest BCUT2D eigenvalue weighted by atomic mass is 19.1. The summed E-state index contributed by atoms with van der Waals surface area (Å²) in [5, 5.41) is 6.61. The largest absolute Gasteiger partial charge is 0.357 e. The van der Waals surface area contributed by atoms with Crippen LogP contribution < -0.4 is 15.5 Å². The molecule has 1 saturated heterocycles. The molecule has 7 nitrogen and oxygen atoms in total. The Kier molecular flexibility index (Phi) is 8.18. The zero-order chi connectivity index (χ0) is 20.3. The van der Waals surface area contributed by atoms with E-state index in [4.69, 9.17) is 0 Å². The molecular formula is C21H30FN7. The maximum absolute atomic E-state index is 13.3. The van der Waals surface area contributed by atoms with Crippen molar-refractivity contribution in [3.63, 3.8) is 0 Å². The van der Waals surface area contributed by atoms with Gasteiger partial charge in [-0.1, -0.05) is 12.1 Å². The highest BCUT2D eigenvalue weighted by Crippen LogP contribution is 2.09. The number of nitrogens with one attached hydrogen (secondary N) is 2. The quantitative estimate of drug-likeness (QED) is 0.401. The van der Waals surface area contributed by atoms with E-state index >= 15 is 0 Å². The second-order valence-corrected chi connectivity index (χ2v) is 6.98. The number of rotatable bonds is 8. The highest BCUT2D eigenvalue weighted by Gasteiger charge is 2.18. The van der Waals surface area contributed by atoms with Crippen LogP contribution in [0.15, 0.2) is 47.7 Å². The fourth-order valence-corrected chi connectivity index (χ4v) is 3.28. The molecule has 1 aliphatic rings. The van der Waals surface area contributed by atoms with Crippen LogP contribution in [-0.2, 0) is 6.54 Å². The van der Waals surface area contributed by atoms with E-state index in [2.05, 4.69) is 35.4 Å². The first-order valence-electron chi connectivity index (χ1n) is 10.3. The topological polar surface area (TPSA) is 68.7 Å². The lowest BCUT2D eigenvalue weighted by Gasteiger charge is -2.34. The first-order chi connectivity index (χ1) is 14.2. The molecule has 0 aliphatic carbocycles. The zero-order valence-corrected chi connectivity index (χ0v) is 17.0. The first kappa shape index (κ1) is 21.0. The van der Waals surface area contributed by atoms with Gasteiger partial charge in [0.2, 0.25) is 5.95 Å². The molecule has 0 spiro atoms. The number of hydrogen-bond acceptors (Lipinski definition) is 5. The van der Waals surface area contributed by atoms with E-state index in [-0.39, 0.29) is 5.82 Å². The molecule has 0 saturated carbocycles. The van der Waals surface area contributed by atoms with Crippen LogP contribution in [0.25, 0.3) is 0 Å². The Morgan fingerprint density at radius 1 is 1.10 bits per heavy atom. The van der Waals surface area contributed by atoms with Crippen LogP contribution >= 0.6 is 0 Å². The molecule has 3 rings (SSSR count). The summed E-state index contributed by atoms with van der Waals surface area (Å²) >= 11 is 0. The van der Waals surface area contributed by atoms with Crippen molar-refractivity contribution in [3.05, 3.63) is 54.1 Å². The van der Waals surface area contributed by atoms with Crippen molar-refractivity contribution >= 4 is 11.9 Å². The third kappa shape index (κ3) is 6.98. The number of aromatic nitrogens is 2. The number of aliphatic imine (C=N–C) groups is 1. The van der Waals surface area contributed by atoms with Crippen LogP contribution in [0, 0.1) is 5.82 Å². The lowest BCUT2D eigenvalue weighted by molar-refractivity contribution is 0.254. The lowest BCUT2D eigenvalue weighted by Crippen LogP contribution is -2.47. The molecule has 0 amide bonds. The second kappa shape index (κ2) is 11.3. The third-order valence-corrected chi connectivity index (χ3v) is 4.80. The molecule has 2 aromatic rings. The van der Waals surface area contributed by atoms with Gasteiger partial charge in [0, 0.05) is 51.7 Å². The Morgan fingerprint density at radius 2 is 1.90 bits per heavy atom. The van der Waals surface area contributed by atoms with Crippen LogP contribution in [0.5, 0.6) is 0 Å². The van der Waals surface area contributed by atoms with Gasteiger partial charge in [0.15, 0.2) is 5.96 Å². The number of halogens is 1. The second-order valence-electron chi connectivity index (χ2n) is 6.98. The Balaban J connectivity index is 1.36. The summed E-state index contributed by atoms with van der Waals surface area (Å²) < 4.78 is 13.3. The van der Waals surface area contributed by atoms with E-state index in [0.29, 0.717) is 6.54 Å². The molecule has 8 heteroatoms. The fourth-order valence-electron chi connectivity index (χ4n) is 3.28. The van der Waals surface area contributed by atoms with Gasteiger partial charge in [0.1, 0.15) is 5.82 Å². The van der Waals surface area contributed by atoms with E-state index < -0.39 is 0 Å². The molecule has 1 aliphatic heterocycles. The minimum absolute atomic E-state index is 0.227. The van der Waals surface area contributed by atoms with Crippen LogP contribution in [0.4, 0.5) is 10.3 Å². The molecule has 2 N–H and O–H groups in total. The number of anilines is 1. The SMILES string of the molecule is CCNC(=NCc1cccc(F)c1)NCCCN1CCN(c2ncccn2)CC1.